The molecule has 2 aliphatic carbocycles. The average molecular weight is 284 g/mol. The second-order valence-corrected chi connectivity index (χ2v) is 5.81. The summed E-state index contributed by atoms with van der Waals surface area (Å²) >= 11 is 0. The van der Waals surface area contributed by atoms with Gasteiger partial charge in [-0.1, -0.05) is 18.2 Å². The highest BCUT2D eigenvalue weighted by molar-refractivity contribution is 5.96. The van der Waals surface area contributed by atoms with Crippen molar-refractivity contribution in [2.45, 2.75) is 32.1 Å². The van der Waals surface area contributed by atoms with E-state index >= 15 is 0 Å². The molecule has 2 N–H and O–H groups in total. The van der Waals surface area contributed by atoms with Crippen molar-refractivity contribution in [1.82, 2.24) is 0 Å². The van der Waals surface area contributed by atoms with Gasteiger partial charge in [-0.25, -0.2) is 0 Å². The van der Waals surface area contributed by atoms with Crippen molar-refractivity contribution in [3.8, 4) is 0 Å². The van der Waals surface area contributed by atoms with E-state index in [1.165, 1.54) is 0 Å². The fourth-order valence-corrected chi connectivity index (χ4v) is 2.54. The monoisotopic (exact) mass is 284 g/mol. The lowest BCUT2D eigenvalue weighted by atomic mass is 9.93. The van der Waals surface area contributed by atoms with Gasteiger partial charge in [0.05, 0.1) is 0 Å². The zero-order chi connectivity index (χ0) is 14.7. The maximum atomic E-state index is 12.2. The largest absolute Gasteiger partial charge is 0.326 e. The molecule has 0 spiro atoms. The Bertz CT molecular complexity index is 576. The number of nitrogens with one attached hydrogen (secondary N) is 2. The Kier molecular flexibility index (Phi) is 4.04. The molecule has 0 bridgehead atoms. The lowest BCUT2D eigenvalue weighted by Gasteiger charge is -2.17. The van der Waals surface area contributed by atoms with Gasteiger partial charge in [0.15, 0.2) is 0 Å². The second-order valence-electron chi connectivity index (χ2n) is 5.81. The average Bonchev–Trinajstić information content (AvgIpc) is 3.33. The minimum Gasteiger partial charge on any atom is -0.326 e. The van der Waals surface area contributed by atoms with E-state index < -0.39 is 0 Å². The lowest BCUT2D eigenvalue weighted by Crippen LogP contribution is -2.23. The van der Waals surface area contributed by atoms with Crippen LogP contribution in [0.5, 0.6) is 0 Å². The lowest BCUT2D eigenvalue weighted by molar-refractivity contribution is -0.120. The first-order valence-electron chi connectivity index (χ1n) is 7.59. The van der Waals surface area contributed by atoms with Crippen molar-refractivity contribution in [2.75, 3.05) is 10.6 Å². The number of hydrogen-bond donors (Lipinski definition) is 2. The third kappa shape index (κ3) is 3.72. The molecule has 0 aromatic heterocycles. The normalized spacial score (nSPS) is 20.9. The third-order valence-electron chi connectivity index (χ3n) is 3.99. The number of carbonyl (C=O) groups is 2. The van der Waals surface area contributed by atoms with Crippen LogP contribution in [0.15, 0.2) is 36.4 Å². The molecule has 0 unspecified atom stereocenters. The van der Waals surface area contributed by atoms with Crippen LogP contribution in [-0.2, 0) is 9.59 Å². The minimum absolute atomic E-state index is 0.0553. The van der Waals surface area contributed by atoms with Crippen LogP contribution in [0.2, 0.25) is 0 Å². The predicted molar refractivity (Wildman–Crippen MR) is 82.9 cm³/mol. The van der Waals surface area contributed by atoms with Crippen LogP contribution in [0, 0.1) is 11.8 Å². The van der Waals surface area contributed by atoms with Crippen molar-refractivity contribution in [3.63, 3.8) is 0 Å². The Morgan fingerprint density at radius 1 is 0.905 bits per heavy atom. The van der Waals surface area contributed by atoms with Crippen LogP contribution in [0.25, 0.3) is 0 Å². The topological polar surface area (TPSA) is 58.2 Å². The van der Waals surface area contributed by atoms with E-state index in [9.17, 15) is 9.59 Å². The van der Waals surface area contributed by atoms with Gasteiger partial charge < -0.3 is 10.6 Å². The molecule has 0 saturated heterocycles. The van der Waals surface area contributed by atoms with Gasteiger partial charge in [-0.3, -0.25) is 9.59 Å². The minimum atomic E-state index is 0.0553. The quantitative estimate of drug-likeness (QED) is 0.833. The number of amides is 2. The van der Waals surface area contributed by atoms with E-state index in [-0.39, 0.29) is 23.7 Å². The molecule has 1 saturated carbocycles. The fourth-order valence-electron chi connectivity index (χ4n) is 2.54. The van der Waals surface area contributed by atoms with E-state index in [0.717, 1.165) is 43.5 Å². The summed E-state index contributed by atoms with van der Waals surface area (Å²) in [4.78, 5) is 23.9. The number of allylic oxidation sites excluding steroid dienone is 2. The van der Waals surface area contributed by atoms with Crippen LogP contribution in [0.4, 0.5) is 11.4 Å². The Balaban J connectivity index is 1.60. The zero-order valence-corrected chi connectivity index (χ0v) is 12.0. The summed E-state index contributed by atoms with van der Waals surface area (Å²) < 4.78 is 0. The Morgan fingerprint density at radius 2 is 1.57 bits per heavy atom. The zero-order valence-electron chi connectivity index (χ0n) is 12.0. The highest BCUT2D eigenvalue weighted by Crippen LogP contribution is 2.30. The van der Waals surface area contributed by atoms with E-state index in [0.29, 0.717) is 0 Å². The highest BCUT2D eigenvalue weighted by Gasteiger charge is 2.29. The summed E-state index contributed by atoms with van der Waals surface area (Å²) in [6.45, 7) is 0. The summed E-state index contributed by atoms with van der Waals surface area (Å²) in [5.41, 5.74) is 1.48. The van der Waals surface area contributed by atoms with Crippen LogP contribution >= 0.6 is 0 Å². The van der Waals surface area contributed by atoms with Gasteiger partial charge in [-0.15, -0.1) is 0 Å². The predicted octanol–water partition coefficient (Wildman–Crippen LogP) is 3.33. The number of rotatable bonds is 4. The van der Waals surface area contributed by atoms with Gasteiger partial charge in [-0.2, -0.15) is 0 Å². The van der Waals surface area contributed by atoms with Gasteiger partial charge in [0.1, 0.15) is 0 Å². The van der Waals surface area contributed by atoms with E-state index in [4.69, 9.17) is 0 Å². The molecular weight excluding hydrogens is 264 g/mol. The van der Waals surface area contributed by atoms with Crippen molar-refractivity contribution >= 4 is 23.2 Å². The molecule has 1 aromatic carbocycles. The number of anilines is 2. The van der Waals surface area contributed by atoms with Gasteiger partial charge in [0.2, 0.25) is 11.8 Å². The van der Waals surface area contributed by atoms with E-state index in [1.807, 2.05) is 24.3 Å². The highest BCUT2D eigenvalue weighted by atomic mass is 16.2. The maximum absolute atomic E-state index is 12.2. The summed E-state index contributed by atoms with van der Waals surface area (Å²) in [6.07, 6.45) is 8.84. The van der Waals surface area contributed by atoms with Crippen molar-refractivity contribution in [1.29, 1.82) is 0 Å². The summed E-state index contributed by atoms with van der Waals surface area (Å²) in [7, 11) is 0. The first-order chi connectivity index (χ1) is 10.2. The molecule has 1 fully saturated rings. The smallest absolute Gasteiger partial charge is 0.227 e. The Labute approximate surface area is 124 Å². The second kappa shape index (κ2) is 6.12. The summed E-state index contributed by atoms with van der Waals surface area (Å²) in [5.74, 6) is 0.373. The number of hydrogen-bond acceptors (Lipinski definition) is 2. The van der Waals surface area contributed by atoms with Gasteiger partial charge in [0, 0.05) is 23.2 Å². The summed E-state index contributed by atoms with van der Waals surface area (Å²) in [6, 6.07) is 7.36. The number of benzene rings is 1. The summed E-state index contributed by atoms with van der Waals surface area (Å²) in [5, 5.41) is 5.84. The SMILES string of the molecule is O=C(Nc1cccc(NC(=O)[C@H]2CC=CCC2)c1)C1CC1. The molecule has 3 rings (SSSR count). The van der Waals surface area contributed by atoms with E-state index in [1.54, 1.807) is 0 Å². The Hall–Kier alpha value is -2.10. The number of carbonyl (C=O) groups excluding carboxylic acids is 2. The molecule has 4 heteroatoms. The van der Waals surface area contributed by atoms with Crippen molar-refractivity contribution in [2.24, 2.45) is 11.8 Å². The van der Waals surface area contributed by atoms with Crippen LogP contribution in [0.3, 0.4) is 0 Å². The molecule has 2 amide bonds. The van der Waals surface area contributed by atoms with E-state index in [2.05, 4.69) is 22.8 Å². The third-order valence-corrected chi connectivity index (χ3v) is 3.99. The van der Waals surface area contributed by atoms with Gasteiger partial charge >= 0.3 is 0 Å². The molecule has 110 valence electrons. The molecule has 0 radical (unpaired) electrons. The first kappa shape index (κ1) is 13.9. The fraction of sp³-hybridized carbons (Fsp3) is 0.412. The molecule has 4 nitrogen and oxygen atoms in total. The molecule has 1 aromatic rings. The standard InChI is InChI=1S/C17H20N2O2/c20-16(12-5-2-1-3-6-12)18-14-7-4-8-15(11-14)19-17(21)13-9-10-13/h1-2,4,7-8,11-13H,3,5-6,9-10H2,(H,18,20)(H,19,21)/t12-/m0/s1. The van der Waals surface area contributed by atoms with Crippen molar-refractivity contribution < 1.29 is 9.59 Å². The van der Waals surface area contributed by atoms with Gasteiger partial charge in [0.25, 0.3) is 0 Å². The van der Waals surface area contributed by atoms with Crippen LogP contribution in [-0.4, -0.2) is 11.8 Å². The first-order valence-corrected chi connectivity index (χ1v) is 7.59. The molecule has 21 heavy (non-hydrogen) atoms. The van der Waals surface area contributed by atoms with Gasteiger partial charge in [-0.05, 0) is 50.3 Å². The van der Waals surface area contributed by atoms with Crippen LogP contribution in [0.1, 0.15) is 32.1 Å². The molecular formula is C17H20N2O2. The van der Waals surface area contributed by atoms with Crippen LogP contribution < -0.4 is 10.6 Å². The molecule has 1 atom stereocenters. The maximum Gasteiger partial charge on any atom is 0.227 e. The van der Waals surface area contributed by atoms with Crippen molar-refractivity contribution in [3.05, 3.63) is 36.4 Å². The molecule has 0 heterocycles. The Morgan fingerprint density at radius 3 is 2.14 bits per heavy atom. The molecule has 0 aliphatic heterocycles. The molecule has 2 aliphatic rings.